The van der Waals surface area contributed by atoms with Gasteiger partial charge in [-0.05, 0) is 32.4 Å². The summed E-state index contributed by atoms with van der Waals surface area (Å²) in [5.41, 5.74) is 4.24. The van der Waals surface area contributed by atoms with E-state index in [2.05, 4.69) is 28.3 Å². The van der Waals surface area contributed by atoms with Gasteiger partial charge in [0.05, 0.1) is 6.61 Å². The molecular formula is C16H21N3O. The Balaban J connectivity index is 2.44. The van der Waals surface area contributed by atoms with Gasteiger partial charge >= 0.3 is 0 Å². The number of nitrogens with zero attached hydrogens (tertiary/aromatic N) is 2. The molecule has 1 heterocycles. The van der Waals surface area contributed by atoms with Crippen molar-refractivity contribution >= 4 is 5.82 Å². The number of nitrogens with one attached hydrogen (secondary N) is 1. The molecule has 1 N–H and O–H groups in total. The first-order chi connectivity index (χ1) is 9.65. The van der Waals surface area contributed by atoms with Crippen LogP contribution in [0.3, 0.4) is 0 Å². The molecule has 0 saturated carbocycles. The van der Waals surface area contributed by atoms with E-state index in [4.69, 9.17) is 4.74 Å². The summed E-state index contributed by atoms with van der Waals surface area (Å²) >= 11 is 0. The van der Waals surface area contributed by atoms with Gasteiger partial charge in [0.25, 0.3) is 0 Å². The zero-order valence-corrected chi connectivity index (χ0v) is 12.5. The van der Waals surface area contributed by atoms with Crippen molar-refractivity contribution in [3.05, 3.63) is 41.1 Å². The first-order valence-electron chi connectivity index (χ1n) is 6.83. The number of hydrogen-bond acceptors (Lipinski definition) is 4. The fraction of sp³-hybridized carbons (Fsp3) is 0.375. The Morgan fingerprint density at radius 3 is 2.70 bits per heavy atom. The predicted octanol–water partition coefficient (Wildman–Crippen LogP) is 3.34. The molecular weight excluding hydrogens is 250 g/mol. The zero-order valence-electron chi connectivity index (χ0n) is 12.5. The molecule has 106 valence electrons. The van der Waals surface area contributed by atoms with Gasteiger partial charge < -0.3 is 10.1 Å². The smallest absolute Gasteiger partial charge is 0.161 e. The van der Waals surface area contributed by atoms with E-state index in [-0.39, 0.29) is 0 Å². The van der Waals surface area contributed by atoms with Crippen molar-refractivity contribution in [1.29, 1.82) is 0 Å². The summed E-state index contributed by atoms with van der Waals surface area (Å²) in [6, 6.07) is 8.15. The normalized spacial score (nSPS) is 10.6. The minimum Gasteiger partial charge on any atom is -0.380 e. The number of ether oxygens (including phenoxy) is 1. The lowest BCUT2D eigenvalue weighted by atomic mass is 10.1. The molecule has 20 heavy (non-hydrogen) atoms. The van der Waals surface area contributed by atoms with Crippen LogP contribution in [0.4, 0.5) is 5.82 Å². The van der Waals surface area contributed by atoms with E-state index in [1.54, 1.807) is 7.11 Å². The van der Waals surface area contributed by atoms with Gasteiger partial charge in [-0.2, -0.15) is 0 Å². The Kier molecular flexibility index (Phi) is 4.69. The summed E-state index contributed by atoms with van der Waals surface area (Å²) in [6.07, 6.45) is 0. The second-order valence-electron chi connectivity index (χ2n) is 4.77. The first-order valence-corrected chi connectivity index (χ1v) is 6.83. The Labute approximate surface area is 120 Å². The summed E-state index contributed by atoms with van der Waals surface area (Å²) in [7, 11) is 1.70. The molecule has 0 fully saturated rings. The topological polar surface area (TPSA) is 47.0 Å². The molecule has 0 radical (unpaired) electrons. The van der Waals surface area contributed by atoms with Crippen LogP contribution in [0.25, 0.3) is 11.4 Å². The highest BCUT2D eigenvalue weighted by Crippen LogP contribution is 2.22. The molecule has 0 amide bonds. The molecule has 0 saturated heterocycles. The zero-order chi connectivity index (χ0) is 14.5. The number of aromatic nitrogens is 2. The molecule has 0 bridgehead atoms. The average Bonchev–Trinajstić information content (AvgIpc) is 2.44. The van der Waals surface area contributed by atoms with E-state index in [0.29, 0.717) is 6.61 Å². The van der Waals surface area contributed by atoms with Crippen molar-refractivity contribution in [2.75, 3.05) is 19.0 Å². The summed E-state index contributed by atoms with van der Waals surface area (Å²) < 4.78 is 5.17. The van der Waals surface area contributed by atoms with Crippen LogP contribution in [-0.4, -0.2) is 23.6 Å². The maximum atomic E-state index is 5.17. The van der Waals surface area contributed by atoms with Gasteiger partial charge in [0.1, 0.15) is 5.82 Å². The third kappa shape index (κ3) is 3.14. The van der Waals surface area contributed by atoms with Crippen LogP contribution < -0.4 is 5.32 Å². The number of anilines is 1. The van der Waals surface area contributed by atoms with Crippen molar-refractivity contribution in [3.8, 4) is 11.4 Å². The van der Waals surface area contributed by atoms with Crippen molar-refractivity contribution in [1.82, 2.24) is 9.97 Å². The van der Waals surface area contributed by atoms with E-state index >= 15 is 0 Å². The molecule has 4 heteroatoms. The van der Waals surface area contributed by atoms with Crippen LogP contribution in [-0.2, 0) is 11.3 Å². The quantitative estimate of drug-likeness (QED) is 0.906. The third-order valence-corrected chi connectivity index (χ3v) is 3.23. The highest BCUT2D eigenvalue weighted by molar-refractivity contribution is 5.60. The lowest BCUT2D eigenvalue weighted by molar-refractivity contribution is 0.185. The molecule has 1 aromatic carbocycles. The summed E-state index contributed by atoms with van der Waals surface area (Å²) in [6.45, 7) is 7.56. The minimum absolute atomic E-state index is 0.596. The van der Waals surface area contributed by atoms with Crippen molar-refractivity contribution in [2.24, 2.45) is 0 Å². The molecule has 2 rings (SSSR count). The maximum Gasteiger partial charge on any atom is 0.161 e. The Hall–Kier alpha value is -1.94. The second kappa shape index (κ2) is 6.48. The summed E-state index contributed by atoms with van der Waals surface area (Å²) in [5, 5.41) is 3.29. The van der Waals surface area contributed by atoms with Crippen LogP contribution in [0.2, 0.25) is 0 Å². The van der Waals surface area contributed by atoms with Gasteiger partial charge in [0.2, 0.25) is 0 Å². The standard InChI is InChI=1S/C16H21N3O/c1-5-17-15-11(2)12(3)18-16(19-15)14-8-6-7-13(9-14)10-20-4/h6-9H,5,10H2,1-4H3,(H,17,18,19). The largest absolute Gasteiger partial charge is 0.380 e. The van der Waals surface area contributed by atoms with Gasteiger partial charge in [-0.25, -0.2) is 9.97 Å². The van der Waals surface area contributed by atoms with Gasteiger partial charge in [-0.3, -0.25) is 0 Å². The molecule has 4 nitrogen and oxygen atoms in total. The fourth-order valence-electron chi connectivity index (χ4n) is 2.06. The summed E-state index contributed by atoms with van der Waals surface area (Å²) in [4.78, 5) is 9.23. The van der Waals surface area contributed by atoms with Crippen LogP contribution >= 0.6 is 0 Å². The third-order valence-electron chi connectivity index (χ3n) is 3.23. The van der Waals surface area contributed by atoms with Gasteiger partial charge in [-0.1, -0.05) is 18.2 Å². The highest BCUT2D eigenvalue weighted by Gasteiger charge is 2.09. The molecule has 0 aliphatic carbocycles. The number of rotatable bonds is 5. The van der Waals surface area contributed by atoms with Crippen LogP contribution in [0.5, 0.6) is 0 Å². The number of benzene rings is 1. The molecule has 2 aromatic rings. The van der Waals surface area contributed by atoms with Gasteiger partial charge in [0.15, 0.2) is 5.82 Å². The predicted molar refractivity (Wildman–Crippen MR) is 81.8 cm³/mol. The van der Waals surface area contributed by atoms with E-state index in [1.165, 1.54) is 0 Å². The van der Waals surface area contributed by atoms with E-state index in [9.17, 15) is 0 Å². The lowest BCUT2D eigenvalue weighted by Gasteiger charge is -2.11. The molecule has 0 atom stereocenters. The fourth-order valence-corrected chi connectivity index (χ4v) is 2.06. The van der Waals surface area contributed by atoms with Gasteiger partial charge in [-0.15, -0.1) is 0 Å². The SMILES string of the molecule is CCNc1nc(-c2cccc(COC)c2)nc(C)c1C. The molecule has 0 spiro atoms. The monoisotopic (exact) mass is 271 g/mol. The number of hydrogen-bond donors (Lipinski definition) is 1. The Morgan fingerprint density at radius 1 is 1.20 bits per heavy atom. The number of aryl methyl sites for hydroxylation is 1. The Morgan fingerprint density at radius 2 is 2.00 bits per heavy atom. The van der Waals surface area contributed by atoms with E-state index in [1.807, 2.05) is 32.0 Å². The maximum absolute atomic E-state index is 5.17. The highest BCUT2D eigenvalue weighted by atomic mass is 16.5. The van der Waals surface area contributed by atoms with E-state index < -0.39 is 0 Å². The van der Waals surface area contributed by atoms with Crippen molar-refractivity contribution in [2.45, 2.75) is 27.4 Å². The van der Waals surface area contributed by atoms with Crippen LogP contribution in [0.15, 0.2) is 24.3 Å². The second-order valence-corrected chi connectivity index (χ2v) is 4.77. The first kappa shape index (κ1) is 14.5. The lowest BCUT2D eigenvalue weighted by Crippen LogP contribution is -2.06. The van der Waals surface area contributed by atoms with Gasteiger partial charge in [0, 0.05) is 30.5 Å². The molecule has 0 aliphatic rings. The minimum atomic E-state index is 0.596. The van der Waals surface area contributed by atoms with Crippen LogP contribution in [0, 0.1) is 13.8 Å². The van der Waals surface area contributed by atoms with Crippen molar-refractivity contribution in [3.63, 3.8) is 0 Å². The van der Waals surface area contributed by atoms with Crippen molar-refractivity contribution < 1.29 is 4.74 Å². The number of methoxy groups -OCH3 is 1. The van der Waals surface area contributed by atoms with E-state index in [0.717, 1.165) is 40.6 Å². The van der Waals surface area contributed by atoms with Crippen LogP contribution in [0.1, 0.15) is 23.7 Å². The molecule has 1 aromatic heterocycles. The molecule has 0 unspecified atom stereocenters. The molecule has 0 aliphatic heterocycles. The summed E-state index contributed by atoms with van der Waals surface area (Å²) in [5.74, 6) is 1.66. The average molecular weight is 271 g/mol. The Bertz CT molecular complexity index is 596.